The van der Waals surface area contributed by atoms with Crippen LogP contribution in [-0.2, 0) is 4.79 Å². The first-order valence-corrected chi connectivity index (χ1v) is 9.75. The average molecular weight is 437 g/mol. The van der Waals surface area contributed by atoms with Gasteiger partial charge >= 0.3 is 0 Å². The van der Waals surface area contributed by atoms with Gasteiger partial charge in [-0.15, -0.1) is 0 Å². The molecule has 31 heavy (non-hydrogen) atoms. The van der Waals surface area contributed by atoms with Crippen LogP contribution >= 0.6 is 11.6 Å². The van der Waals surface area contributed by atoms with E-state index in [2.05, 4.69) is 10.6 Å². The van der Waals surface area contributed by atoms with Gasteiger partial charge in [0.15, 0.2) is 11.5 Å². The molecule has 0 heterocycles. The summed E-state index contributed by atoms with van der Waals surface area (Å²) in [5, 5.41) is 5.92. The predicted molar refractivity (Wildman–Crippen MR) is 122 cm³/mol. The van der Waals surface area contributed by atoms with Gasteiger partial charge in [-0.3, -0.25) is 9.59 Å². The average Bonchev–Trinajstić information content (AvgIpc) is 2.79. The van der Waals surface area contributed by atoms with Gasteiger partial charge in [0.25, 0.3) is 11.8 Å². The molecule has 0 aromatic heterocycles. The minimum atomic E-state index is -0.499. The van der Waals surface area contributed by atoms with E-state index in [0.717, 1.165) is 0 Å². The van der Waals surface area contributed by atoms with E-state index < -0.39 is 11.8 Å². The van der Waals surface area contributed by atoms with E-state index in [0.29, 0.717) is 33.3 Å². The summed E-state index contributed by atoms with van der Waals surface area (Å²) in [4.78, 5) is 25.7. The second kappa shape index (κ2) is 10.3. The number of hydrogen-bond donors (Lipinski definition) is 2. The van der Waals surface area contributed by atoms with Crippen molar-refractivity contribution in [2.24, 2.45) is 0 Å². The molecule has 0 radical (unpaired) electrons. The molecule has 0 aliphatic rings. The van der Waals surface area contributed by atoms with Crippen molar-refractivity contribution in [1.29, 1.82) is 0 Å². The van der Waals surface area contributed by atoms with Crippen LogP contribution in [-0.4, -0.2) is 26.0 Å². The second-order valence-electron chi connectivity index (χ2n) is 6.46. The number of rotatable bonds is 7. The van der Waals surface area contributed by atoms with Crippen molar-refractivity contribution >= 4 is 35.2 Å². The van der Waals surface area contributed by atoms with Gasteiger partial charge in [0.2, 0.25) is 0 Å². The molecule has 0 saturated heterocycles. The van der Waals surface area contributed by atoms with Gasteiger partial charge in [-0.25, -0.2) is 0 Å². The topological polar surface area (TPSA) is 76.7 Å². The number of nitrogens with one attached hydrogen (secondary N) is 2. The Labute approximate surface area is 185 Å². The highest BCUT2D eigenvalue weighted by Crippen LogP contribution is 2.28. The number of halogens is 1. The largest absolute Gasteiger partial charge is 0.493 e. The van der Waals surface area contributed by atoms with Gasteiger partial charge in [-0.2, -0.15) is 0 Å². The van der Waals surface area contributed by atoms with Crippen LogP contribution in [0.5, 0.6) is 11.5 Å². The maximum atomic E-state index is 13.0. The fourth-order valence-electron chi connectivity index (χ4n) is 2.82. The smallest absolute Gasteiger partial charge is 0.272 e. The molecule has 7 heteroatoms. The Balaban J connectivity index is 1.94. The first-order chi connectivity index (χ1) is 15.0. The zero-order valence-corrected chi connectivity index (χ0v) is 17.8. The molecule has 3 aromatic rings. The molecular formula is C24H21ClN2O4. The van der Waals surface area contributed by atoms with Crippen molar-refractivity contribution in [3.05, 3.63) is 94.6 Å². The molecule has 0 unspecified atom stereocenters. The molecule has 0 aliphatic heterocycles. The minimum absolute atomic E-state index is 0.0565. The third kappa shape index (κ3) is 5.87. The van der Waals surface area contributed by atoms with Gasteiger partial charge in [0.05, 0.1) is 14.2 Å². The molecule has 2 amide bonds. The summed E-state index contributed by atoms with van der Waals surface area (Å²) >= 11 is 6.00. The van der Waals surface area contributed by atoms with Crippen LogP contribution in [0.4, 0.5) is 5.69 Å². The van der Waals surface area contributed by atoms with Gasteiger partial charge in [0.1, 0.15) is 5.70 Å². The number of benzene rings is 3. The molecule has 0 spiro atoms. The first-order valence-electron chi connectivity index (χ1n) is 9.37. The molecule has 158 valence electrons. The van der Waals surface area contributed by atoms with Crippen LogP contribution in [0.25, 0.3) is 6.08 Å². The molecule has 0 saturated carbocycles. The number of anilines is 1. The van der Waals surface area contributed by atoms with Crippen LogP contribution < -0.4 is 20.1 Å². The standard InChI is InChI=1S/C24H21ClN2O4/c1-30-21-12-11-16(14-22(21)31-2)13-20(27-23(28)17-7-4-3-5-8-17)24(29)26-19-10-6-9-18(25)15-19/h3-15H,1-2H3,(H,26,29)(H,27,28)/b20-13-. The van der Waals surface area contributed by atoms with E-state index in [1.807, 2.05) is 6.07 Å². The van der Waals surface area contributed by atoms with Gasteiger partial charge < -0.3 is 20.1 Å². The van der Waals surface area contributed by atoms with Crippen molar-refractivity contribution in [1.82, 2.24) is 5.32 Å². The van der Waals surface area contributed by atoms with Crippen LogP contribution in [0.15, 0.2) is 78.5 Å². The SMILES string of the molecule is COc1ccc(/C=C(\NC(=O)c2ccccc2)C(=O)Nc2cccc(Cl)c2)cc1OC. The molecule has 0 bridgehead atoms. The number of carbonyl (C=O) groups is 2. The fourth-order valence-corrected chi connectivity index (χ4v) is 3.01. The van der Waals surface area contributed by atoms with Crippen LogP contribution in [0, 0.1) is 0 Å². The maximum Gasteiger partial charge on any atom is 0.272 e. The highest BCUT2D eigenvalue weighted by atomic mass is 35.5. The highest BCUT2D eigenvalue weighted by Gasteiger charge is 2.16. The molecular weight excluding hydrogens is 416 g/mol. The third-order valence-corrected chi connectivity index (χ3v) is 4.56. The van der Waals surface area contributed by atoms with Gasteiger partial charge in [0, 0.05) is 16.3 Å². The first kappa shape index (κ1) is 21.9. The Morgan fingerprint density at radius 3 is 2.29 bits per heavy atom. The van der Waals surface area contributed by atoms with Gasteiger partial charge in [-0.1, -0.05) is 41.9 Å². The molecule has 3 rings (SSSR count). The fraction of sp³-hybridized carbons (Fsp3) is 0.0833. The molecule has 2 N–H and O–H groups in total. The third-order valence-electron chi connectivity index (χ3n) is 4.33. The number of amides is 2. The number of hydrogen-bond acceptors (Lipinski definition) is 4. The van der Waals surface area contributed by atoms with Crippen LogP contribution in [0.1, 0.15) is 15.9 Å². The second-order valence-corrected chi connectivity index (χ2v) is 6.89. The van der Waals surface area contributed by atoms with E-state index in [1.165, 1.54) is 14.2 Å². The van der Waals surface area contributed by atoms with E-state index in [1.54, 1.807) is 72.8 Å². The Kier molecular flexibility index (Phi) is 7.30. The summed E-state index contributed by atoms with van der Waals surface area (Å²) in [6.45, 7) is 0. The lowest BCUT2D eigenvalue weighted by Crippen LogP contribution is -2.30. The van der Waals surface area contributed by atoms with Crippen molar-refractivity contribution in [3.63, 3.8) is 0 Å². The molecule has 6 nitrogen and oxygen atoms in total. The molecule has 0 atom stereocenters. The monoisotopic (exact) mass is 436 g/mol. The Hall–Kier alpha value is -3.77. The zero-order valence-electron chi connectivity index (χ0n) is 17.0. The number of ether oxygens (including phenoxy) is 2. The van der Waals surface area contributed by atoms with Crippen LogP contribution in [0.3, 0.4) is 0 Å². The summed E-state index contributed by atoms with van der Waals surface area (Å²) in [5.74, 6) is 0.146. The van der Waals surface area contributed by atoms with Crippen LogP contribution in [0.2, 0.25) is 5.02 Å². The van der Waals surface area contributed by atoms with Crippen molar-refractivity contribution in [2.45, 2.75) is 0 Å². The predicted octanol–water partition coefficient (Wildman–Crippen LogP) is 4.77. The van der Waals surface area contributed by atoms with Crippen molar-refractivity contribution in [3.8, 4) is 11.5 Å². The summed E-state index contributed by atoms with van der Waals surface area (Å²) < 4.78 is 10.6. The summed E-state index contributed by atoms with van der Waals surface area (Å²) in [6.07, 6.45) is 1.56. The number of methoxy groups -OCH3 is 2. The lowest BCUT2D eigenvalue weighted by atomic mass is 10.1. The summed E-state index contributed by atoms with van der Waals surface area (Å²) in [7, 11) is 3.06. The maximum absolute atomic E-state index is 13.0. The Bertz CT molecular complexity index is 1110. The van der Waals surface area contributed by atoms with E-state index in [4.69, 9.17) is 21.1 Å². The van der Waals surface area contributed by atoms with Gasteiger partial charge in [-0.05, 0) is 54.1 Å². The van der Waals surface area contributed by atoms with Crippen molar-refractivity contribution < 1.29 is 19.1 Å². The highest BCUT2D eigenvalue weighted by molar-refractivity contribution is 6.31. The molecule has 0 aliphatic carbocycles. The quantitative estimate of drug-likeness (QED) is 0.523. The number of carbonyl (C=O) groups excluding carboxylic acids is 2. The lowest BCUT2D eigenvalue weighted by molar-refractivity contribution is -0.113. The van der Waals surface area contributed by atoms with E-state index in [-0.39, 0.29) is 5.70 Å². The zero-order chi connectivity index (χ0) is 22.2. The molecule has 0 fully saturated rings. The summed E-state index contributed by atoms with van der Waals surface area (Å²) in [6, 6.07) is 20.6. The Morgan fingerprint density at radius 1 is 0.871 bits per heavy atom. The van der Waals surface area contributed by atoms with E-state index >= 15 is 0 Å². The summed E-state index contributed by atoms with van der Waals surface area (Å²) in [5.41, 5.74) is 1.63. The minimum Gasteiger partial charge on any atom is -0.493 e. The molecule has 3 aromatic carbocycles. The lowest BCUT2D eigenvalue weighted by Gasteiger charge is -2.12. The van der Waals surface area contributed by atoms with E-state index in [9.17, 15) is 9.59 Å². The van der Waals surface area contributed by atoms with Crippen molar-refractivity contribution in [2.75, 3.05) is 19.5 Å². The normalized spacial score (nSPS) is 10.9. The Morgan fingerprint density at radius 2 is 1.61 bits per heavy atom.